The van der Waals surface area contributed by atoms with Crippen LogP contribution in [0.1, 0.15) is 55.4 Å². The van der Waals surface area contributed by atoms with Gasteiger partial charge < -0.3 is 9.97 Å². The summed E-state index contributed by atoms with van der Waals surface area (Å²) in [5.41, 5.74) is 6.45. The minimum absolute atomic E-state index is 0.597. The maximum absolute atomic E-state index is 5.02. The van der Waals surface area contributed by atoms with Crippen molar-refractivity contribution in [2.75, 3.05) is 0 Å². The van der Waals surface area contributed by atoms with E-state index in [4.69, 9.17) is 29.9 Å². The molecule has 9 rings (SSSR count). The molecule has 7 aromatic rings. The zero-order valence-electron chi connectivity index (χ0n) is 28.9. The first kappa shape index (κ1) is 33.6. The van der Waals surface area contributed by atoms with E-state index in [0.717, 1.165) is 43.8 Å². The van der Waals surface area contributed by atoms with Crippen molar-refractivity contribution in [1.29, 1.82) is 0 Å². The molecule has 5 heterocycles. The Morgan fingerprint density at radius 2 is 0.500 bits per heavy atom. The Kier molecular flexibility index (Phi) is 10.7. The van der Waals surface area contributed by atoms with E-state index < -0.39 is 0 Å². The van der Waals surface area contributed by atoms with Crippen LogP contribution >= 0.6 is 0 Å². The topological polar surface area (TPSA) is 109 Å². The summed E-state index contributed by atoms with van der Waals surface area (Å²) < 4.78 is 0. The number of hydrogen-bond acceptors (Lipinski definition) is 6. The molecule has 0 saturated heterocycles. The van der Waals surface area contributed by atoms with Gasteiger partial charge in [-0.05, 0) is 0 Å². The Morgan fingerprint density at radius 1 is 0.292 bits per heavy atom. The third-order valence-electron chi connectivity index (χ3n) is 7.46. The fourth-order valence-corrected chi connectivity index (χ4v) is 5.59. The van der Waals surface area contributed by atoms with E-state index >= 15 is 0 Å². The molecule has 0 aliphatic carbocycles. The second kappa shape index (κ2) is 15.2. The van der Waals surface area contributed by atoms with Crippen molar-refractivity contribution in [2.45, 2.75) is 55.4 Å². The van der Waals surface area contributed by atoms with Gasteiger partial charge in [-0.3, -0.25) is 0 Å². The molecule has 48 heavy (non-hydrogen) atoms. The first-order chi connectivity index (χ1) is 23.8. The van der Waals surface area contributed by atoms with E-state index in [2.05, 4.69) is 9.97 Å². The van der Waals surface area contributed by atoms with Crippen molar-refractivity contribution in [3.05, 3.63) is 97.1 Å². The van der Waals surface area contributed by atoms with E-state index in [-0.39, 0.29) is 0 Å². The van der Waals surface area contributed by atoms with Crippen LogP contribution in [0.4, 0.5) is 0 Å². The molecule has 242 valence electrons. The summed E-state index contributed by atoms with van der Waals surface area (Å²) in [5.74, 6) is 2.39. The number of rotatable bonds is 0. The molecule has 0 fully saturated rings. The fourth-order valence-electron chi connectivity index (χ4n) is 5.59. The first-order valence-electron chi connectivity index (χ1n) is 17.0. The summed E-state index contributed by atoms with van der Waals surface area (Å²) in [7, 11) is 0. The maximum Gasteiger partial charge on any atom is 0.164 e. The molecule has 3 aromatic heterocycles. The lowest BCUT2D eigenvalue weighted by atomic mass is 10.1. The standard InChI is InChI=1S/C32H18N8.4C2H6/c1-2-10-18-17(9-1)25-33-26(18)38-28-21-13-5-6-14-22(21)30(35-28)40-32-24-16-8-7-15-23(24)31(36-32)39-29-20-12-4-3-11-19(20)27(34-29)37-25;4*1-2/h1-16H,(H2,33,34,35,36,37,38,39,40);4*1-2H3. The number of aromatic amines is 2. The van der Waals surface area contributed by atoms with Gasteiger partial charge in [-0.1, -0.05) is 152 Å². The summed E-state index contributed by atoms with van der Waals surface area (Å²) in [6.07, 6.45) is 0. The molecule has 2 aliphatic heterocycles. The number of fused-ring (bicyclic) bond motifs is 20. The van der Waals surface area contributed by atoms with Gasteiger partial charge in [-0.15, -0.1) is 0 Å². The minimum atomic E-state index is 0.597. The van der Waals surface area contributed by atoms with Gasteiger partial charge in [0.1, 0.15) is 22.6 Å². The second-order valence-corrected chi connectivity index (χ2v) is 9.79. The van der Waals surface area contributed by atoms with Crippen molar-refractivity contribution in [3.63, 3.8) is 0 Å². The van der Waals surface area contributed by atoms with Crippen LogP contribution in [0.15, 0.2) is 97.1 Å². The summed E-state index contributed by atoms with van der Waals surface area (Å²) in [6.45, 7) is 16.0. The highest BCUT2D eigenvalue weighted by atomic mass is 15.1. The van der Waals surface area contributed by atoms with Gasteiger partial charge in [0, 0.05) is 43.8 Å². The molecule has 0 spiro atoms. The number of aromatic nitrogens is 8. The van der Waals surface area contributed by atoms with Crippen LogP contribution in [-0.4, -0.2) is 39.9 Å². The van der Waals surface area contributed by atoms with E-state index in [1.54, 1.807) is 0 Å². The third-order valence-corrected chi connectivity index (χ3v) is 7.46. The van der Waals surface area contributed by atoms with E-state index in [1.807, 2.05) is 152 Å². The van der Waals surface area contributed by atoms with E-state index in [1.165, 1.54) is 0 Å². The SMILES string of the molecule is CC.CC.CC.CC.c1ccc2c(c1)-c1nc-2nc2[nH]c(nc3nc(nc4[nH]c(n1)c1ccccc41)-c1ccccc1-3)c1ccccc21. The second-order valence-electron chi connectivity index (χ2n) is 9.79. The van der Waals surface area contributed by atoms with Gasteiger partial charge >= 0.3 is 0 Å². The average molecular weight is 635 g/mol. The molecule has 0 radical (unpaired) electrons. The Bertz CT molecular complexity index is 2030. The Morgan fingerprint density at radius 3 is 0.729 bits per heavy atom. The number of nitrogens with zero attached hydrogens (tertiary/aromatic N) is 6. The minimum Gasteiger partial charge on any atom is -0.324 e. The Balaban J connectivity index is 0.000000528. The average Bonchev–Trinajstić information content (AvgIpc) is 3.91. The molecule has 0 atom stereocenters. The number of nitrogens with one attached hydrogen (secondary N) is 2. The van der Waals surface area contributed by atoms with Crippen molar-refractivity contribution in [2.24, 2.45) is 0 Å². The Hall–Kier alpha value is -5.76. The highest BCUT2D eigenvalue weighted by Gasteiger charge is 2.21. The highest BCUT2D eigenvalue weighted by Crippen LogP contribution is 2.36. The predicted octanol–water partition coefficient (Wildman–Crippen LogP) is 11.0. The summed E-state index contributed by atoms with van der Waals surface area (Å²) in [4.78, 5) is 36.8. The monoisotopic (exact) mass is 634 g/mol. The van der Waals surface area contributed by atoms with E-state index in [9.17, 15) is 0 Å². The molecule has 8 heteroatoms. The highest BCUT2D eigenvalue weighted by molar-refractivity contribution is 6.06. The lowest BCUT2D eigenvalue weighted by Crippen LogP contribution is -1.82. The lowest BCUT2D eigenvalue weighted by Gasteiger charge is -1.96. The summed E-state index contributed by atoms with van der Waals surface area (Å²) >= 11 is 0. The van der Waals surface area contributed by atoms with Crippen LogP contribution in [0.5, 0.6) is 0 Å². The molecule has 0 unspecified atom stereocenters. The molecule has 0 amide bonds. The van der Waals surface area contributed by atoms with Crippen LogP contribution in [0, 0.1) is 0 Å². The summed E-state index contributed by atoms with van der Waals surface area (Å²) in [5, 5.41) is 3.82. The first-order valence-corrected chi connectivity index (χ1v) is 17.0. The maximum atomic E-state index is 5.02. The molecular formula is C40H42N8. The normalized spacial score (nSPS) is 10.5. The van der Waals surface area contributed by atoms with Gasteiger partial charge in [0.05, 0.1) is 0 Å². The largest absolute Gasteiger partial charge is 0.324 e. The lowest BCUT2D eigenvalue weighted by molar-refractivity contribution is 1.19. The third kappa shape index (κ3) is 5.93. The van der Waals surface area contributed by atoms with Crippen LogP contribution in [0.25, 0.3) is 89.7 Å². The van der Waals surface area contributed by atoms with Crippen molar-refractivity contribution in [1.82, 2.24) is 39.9 Å². The van der Waals surface area contributed by atoms with Crippen LogP contribution < -0.4 is 0 Å². The van der Waals surface area contributed by atoms with Crippen molar-refractivity contribution >= 4 is 44.1 Å². The molecule has 8 bridgehead atoms. The van der Waals surface area contributed by atoms with Crippen LogP contribution in [-0.2, 0) is 0 Å². The number of benzene rings is 4. The van der Waals surface area contributed by atoms with Crippen LogP contribution in [0.2, 0.25) is 0 Å². The quantitative estimate of drug-likeness (QED) is 0.172. The van der Waals surface area contributed by atoms with Gasteiger partial charge in [0.25, 0.3) is 0 Å². The molecule has 0 saturated carbocycles. The predicted molar refractivity (Wildman–Crippen MR) is 201 cm³/mol. The number of hydrogen-bond donors (Lipinski definition) is 2. The van der Waals surface area contributed by atoms with Crippen molar-refractivity contribution in [3.8, 4) is 45.6 Å². The van der Waals surface area contributed by atoms with Gasteiger partial charge in [-0.2, -0.15) is 0 Å². The van der Waals surface area contributed by atoms with Gasteiger partial charge in [-0.25, -0.2) is 29.9 Å². The smallest absolute Gasteiger partial charge is 0.164 e. The van der Waals surface area contributed by atoms with Gasteiger partial charge in [0.2, 0.25) is 0 Å². The molecule has 4 aromatic carbocycles. The molecule has 2 aliphatic rings. The molecule has 8 nitrogen and oxygen atoms in total. The van der Waals surface area contributed by atoms with Crippen molar-refractivity contribution < 1.29 is 0 Å². The summed E-state index contributed by atoms with van der Waals surface area (Å²) in [6, 6.07) is 32.2. The molecule has 2 N–H and O–H groups in total. The zero-order chi connectivity index (χ0) is 34.2. The zero-order valence-corrected chi connectivity index (χ0v) is 28.9. The van der Waals surface area contributed by atoms with Crippen LogP contribution in [0.3, 0.4) is 0 Å². The fraction of sp³-hybridized carbons (Fsp3) is 0.200. The number of H-pyrrole nitrogens is 2. The van der Waals surface area contributed by atoms with Gasteiger partial charge in [0.15, 0.2) is 23.3 Å². The Labute approximate surface area is 281 Å². The van der Waals surface area contributed by atoms with E-state index in [0.29, 0.717) is 45.9 Å². The molecular weight excluding hydrogens is 592 g/mol.